The topological polar surface area (TPSA) is 37.3 Å². The van der Waals surface area contributed by atoms with Crippen molar-refractivity contribution in [1.82, 2.24) is 0 Å². The minimum atomic E-state index is -0.230. The number of carbonyl (C=O) groups excluding carboxylic acids is 1. The predicted octanol–water partition coefficient (Wildman–Crippen LogP) is 2.02. The maximum absolute atomic E-state index is 11.4. The zero-order valence-corrected chi connectivity index (χ0v) is 10.1. The molecule has 0 atom stereocenters. The zero-order valence-electron chi connectivity index (χ0n) is 8.50. The Balaban J connectivity index is 3.38. The van der Waals surface area contributed by atoms with E-state index in [0.717, 1.165) is 17.3 Å². The summed E-state index contributed by atoms with van der Waals surface area (Å²) in [4.78, 5) is 11.4. The van der Waals surface area contributed by atoms with Crippen molar-refractivity contribution in [3.05, 3.63) is 0 Å². The third-order valence-corrected chi connectivity index (χ3v) is 3.81. The molecule has 2 nitrogen and oxygen atoms in total. The molecule has 0 saturated carbocycles. The molecule has 0 aromatic carbocycles. The van der Waals surface area contributed by atoms with Crippen molar-refractivity contribution in [3.63, 3.8) is 0 Å². The molecule has 0 saturated heterocycles. The molecule has 0 heterocycles. The average molecular weight is 222 g/mol. The second-order valence-electron chi connectivity index (χ2n) is 3.72. The highest BCUT2D eigenvalue weighted by molar-refractivity contribution is 8.14. The van der Waals surface area contributed by atoms with Gasteiger partial charge in [-0.15, -0.1) is 0 Å². The van der Waals surface area contributed by atoms with Gasteiger partial charge >= 0.3 is 0 Å². The van der Waals surface area contributed by atoms with Gasteiger partial charge in [0.1, 0.15) is 0 Å². The van der Waals surface area contributed by atoms with Gasteiger partial charge in [0.05, 0.1) is 6.61 Å². The molecule has 0 aromatic heterocycles. The fraction of sp³-hybridized carbons (Fsp3) is 0.889. The molecule has 0 fully saturated rings. The van der Waals surface area contributed by atoms with Gasteiger partial charge in [0, 0.05) is 22.7 Å². The lowest BCUT2D eigenvalue weighted by Crippen LogP contribution is -2.17. The molecule has 0 unspecified atom stereocenters. The van der Waals surface area contributed by atoms with E-state index in [-0.39, 0.29) is 17.1 Å². The summed E-state index contributed by atoms with van der Waals surface area (Å²) in [5.41, 5.74) is -0.230. The van der Waals surface area contributed by atoms with Crippen LogP contribution in [-0.2, 0) is 4.79 Å². The second kappa shape index (κ2) is 6.74. The molecule has 4 heteroatoms. The van der Waals surface area contributed by atoms with E-state index in [1.165, 1.54) is 11.8 Å². The second-order valence-corrected chi connectivity index (χ2v) is 6.01. The van der Waals surface area contributed by atoms with Gasteiger partial charge in [-0.25, -0.2) is 0 Å². The normalized spacial score (nSPS) is 11.7. The maximum atomic E-state index is 11.4. The highest BCUT2D eigenvalue weighted by Gasteiger charge is 2.20. The van der Waals surface area contributed by atoms with E-state index in [9.17, 15) is 4.79 Å². The summed E-state index contributed by atoms with van der Waals surface area (Å²) in [5, 5.41) is 8.76. The maximum Gasteiger partial charge on any atom is 0.194 e. The van der Waals surface area contributed by atoms with Crippen LogP contribution in [0.15, 0.2) is 0 Å². The van der Waals surface area contributed by atoms with Crippen molar-refractivity contribution in [2.45, 2.75) is 20.8 Å². The Labute approximate surface area is 88.9 Å². The molecular weight excluding hydrogens is 204 g/mol. The summed E-state index contributed by atoms with van der Waals surface area (Å²) in [5.74, 6) is 2.55. The van der Waals surface area contributed by atoms with Crippen LogP contribution in [-0.4, -0.2) is 34.1 Å². The van der Waals surface area contributed by atoms with Crippen molar-refractivity contribution in [2.24, 2.45) is 5.41 Å². The number of hydrogen-bond donors (Lipinski definition) is 1. The summed E-state index contributed by atoms with van der Waals surface area (Å²) in [7, 11) is 0. The Bertz CT molecular complexity index is 152. The van der Waals surface area contributed by atoms with E-state index in [1.54, 1.807) is 11.8 Å². The highest BCUT2D eigenvalue weighted by Crippen LogP contribution is 2.23. The van der Waals surface area contributed by atoms with Crippen LogP contribution >= 0.6 is 23.5 Å². The summed E-state index contributed by atoms with van der Waals surface area (Å²) in [6, 6.07) is 0. The van der Waals surface area contributed by atoms with Gasteiger partial charge in [0.15, 0.2) is 5.12 Å². The molecule has 78 valence electrons. The van der Waals surface area contributed by atoms with Crippen LogP contribution in [0, 0.1) is 5.41 Å². The van der Waals surface area contributed by atoms with Crippen LogP contribution in [0.25, 0.3) is 0 Å². The molecule has 13 heavy (non-hydrogen) atoms. The van der Waals surface area contributed by atoms with E-state index in [1.807, 2.05) is 20.8 Å². The predicted molar refractivity (Wildman–Crippen MR) is 61.3 cm³/mol. The largest absolute Gasteiger partial charge is 0.396 e. The highest BCUT2D eigenvalue weighted by atomic mass is 32.2. The Morgan fingerprint density at radius 1 is 1.23 bits per heavy atom. The molecule has 0 rings (SSSR count). The molecule has 0 aliphatic heterocycles. The Kier molecular flexibility index (Phi) is 6.91. The Morgan fingerprint density at radius 2 is 1.85 bits per heavy atom. The third kappa shape index (κ3) is 7.40. The first kappa shape index (κ1) is 13.3. The van der Waals surface area contributed by atoms with Gasteiger partial charge in [0.25, 0.3) is 0 Å². The van der Waals surface area contributed by atoms with Crippen LogP contribution < -0.4 is 0 Å². The SMILES string of the molecule is CC(C)(C)C(=O)SCCSCCO. The number of thioether (sulfide) groups is 2. The van der Waals surface area contributed by atoms with E-state index >= 15 is 0 Å². The Morgan fingerprint density at radius 3 is 2.31 bits per heavy atom. The quantitative estimate of drug-likeness (QED) is 0.722. The molecule has 0 aliphatic rings. The number of carbonyl (C=O) groups is 1. The van der Waals surface area contributed by atoms with E-state index in [4.69, 9.17) is 5.11 Å². The van der Waals surface area contributed by atoms with Crippen molar-refractivity contribution >= 4 is 28.6 Å². The summed E-state index contributed by atoms with van der Waals surface area (Å²) < 4.78 is 0. The lowest BCUT2D eigenvalue weighted by Gasteiger charge is -2.15. The molecule has 0 bridgehead atoms. The van der Waals surface area contributed by atoms with Crippen molar-refractivity contribution < 1.29 is 9.90 Å². The van der Waals surface area contributed by atoms with Gasteiger partial charge in [-0.3, -0.25) is 4.79 Å². The van der Waals surface area contributed by atoms with E-state index in [0.29, 0.717) is 0 Å². The number of hydrogen-bond acceptors (Lipinski definition) is 4. The molecular formula is C9H18O2S2. The fourth-order valence-corrected chi connectivity index (χ4v) is 2.33. The molecule has 0 radical (unpaired) electrons. The van der Waals surface area contributed by atoms with Gasteiger partial charge in [0.2, 0.25) is 0 Å². The summed E-state index contributed by atoms with van der Waals surface area (Å²) in [6.45, 7) is 6.03. The van der Waals surface area contributed by atoms with Crippen LogP contribution in [0.2, 0.25) is 0 Å². The standard InChI is InChI=1S/C9H18O2S2/c1-9(2,3)8(11)13-7-6-12-5-4-10/h10H,4-7H2,1-3H3. The zero-order chi connectivity index (χ0) is 10.3. The van der Waals surface area contributed by atoms with Gasteiger partial charge in [-0.2, -0.15) is 11.8 Å². The fourth-order valence-electron chi connectivity index (χ4n) is 0.576. The third-order valence-electron chi connectivity index (χ3n) is 1.31. The summed E-state index contributed by atoms with van der Waals surface area (Å²) >= 11 is 3.08. The molecule has 0 aliphatic carbocycles. The lowest BCUT2D eigenvalue weighted by molar-refractivity contribution is -0.117. The summed E-state index contributed by atoms with van der Waals surface area (Å²) in [6.07, 6.45) is 0. The van der Waals surface area contributed by atoms with Gasteiger partial charge in [-0.05, 0) is 0 Å². The Hall–Kier alpha value is 0.330. The van der Waals surface area contributed by atoms with E-state index in [2.05, 4.69) is 0 Å². The molecule has 0 aromatic rings. The van der Waals surface area contributed by atoms with Crippen molar-refractivity contribution in [2.75, 3.05) is 23.9 Å². The smallest absolute Gasteiger partial charge is 0.194 e. The van der Waals surface area contributed by atoms with Gasteiger partial charge < -0.3 is 5.11 Å². The van der Waals surface area contributed by atoms with Crippen LogP contribution in [0.4, 0.5) is 0 Å². The number of aliphatic hydroxyl groups excluding tert-OH is 1. The van der Waals surface area contributed by atoms with Crippen LogP contribution in [0.5, 0.6) is 0 Å². The first-order valence-corrected chi connectivity index (χ1v) is 6.48. The monoisotopic (exact) mass is 222 g/mol. The first-order valence-electron chi connectivity index (χ1n) is 4.34. The van der Waals surface area contributed by atoms with Crippen molar-refractivity contribution in [3.8, 4) is 0 Å². The minimum absolute atomic E-state index is 0.225. The van der Waals surface area contributed by atoms with Crippen LogP contribution in [0.1, 0.15) is 20.8 Å². The first-order chi connectivity index (χ1) is 5.98. The molecule has 0 spiro atoms. The molecule has 0 amide bonds. The lowest BCUT2D eigenvalue weighted by atomic mass is 10.00. The van der Waals surface area contributed by atoms with Gasteiger partial charge in [-0.1, -0.05) is 32.5 Å². The number of aliphatic hydroxyl groups is 1. The van der Waals surface area contributed by atoms with Crippen molar-refractivity contribution in [1.29, 1.82) is 0 Å². The molecule has 1 N–H and O–H groups in total. The van der Waals surface area contributed by atoms with E-state index < -0.39 is 0 Å². The minimum Gasteiger partial charge on any atom is -0.396 e. The number of rotatable bonds is 5. The average Bonchev–Trinajstić information content (AvgIpc) is 2.02. The van der Waals surface area contributed by atoms with Crippen LogP contribution in [0.3, 0.4) is 0 Å².